The monoisotopic (exact) mass is 239 g/mol. The molecule has 0 saturated carbocycles. The van der Waals surface area contributed by atoms with Crippen LogP contribution in [0.1, 0.15) is 30.0 Å². The molecule has 2 aromatic rings. The van der Waals surface area contributed by atoms with Crippen LogP contribution in [-0.4, -0.2) is 0 Å². The highest BCUT2D eigenvalue weighted by atomic mass is 14.5. The van der Waals surface area contributed by atoms with Gasteiger partial charge in [-0.05, 0) is 41.2 Å². The Bertz CT molecular complexity index is 512. The Hall–Kier alpha value is -1.60. The van der Waals surface area contributed by atoms with Crippen LogP contribution in [0.25, 0.3) is 11.1 Å². The van der Waals surface area contributed by atoms with E-state index in [0.29, 0.717) is 6.54 Å². The lowest BCUT2D eigenvalue weighted by Gasteiger charge is -2.09. The predicted octanol–water partition coefficient (Wildman–Crippen LogP) is 4.07. The van der Waals surface area contributed by atoms with E-state index < -0.39 is 0 Å². The summed E-state index contributed by atoms with van der Waals surface area (Å²) in [6, 6.07) is 15.4. The molecule has 0 saturated heterocycles. The van der Waals surface area contributed by atoms with Crippen LogP contribution in [0.5, 0.6) is 0 Å². The van der Waals surface area contributed by atoms with Crippen LogP contribution in [0.4, 0.5) is 0 Å². The molecule has 2 aromatic carbocycles. The summed E-state index contributed by atoms with van der Waals surface area (Å²) in [5.74, 6) is 0. The van der Waals surface area contributed by atoms with Crippen molar-refractivity contribution in [1.82, 2.24) is 0 Å². The maximum absolute atomic E-state index is 5.66. The minimum Gasteiger partial charge on any atom is -0.326 e. The summed E-state index contributed by atoms with van der Waals surface area (Å²) < 4.78 is 0. The van der Waals surface area contributed by atoms with Crippen LogP contribution in [0.2, 0.25) is 0 Å². The number of hydrogen-bond acceptors (Lipinski definition) is 1. The van der Waals surface area contributed by atoms with Gasteiger partial charge in [0.2, 0.25) is 0 Å². The topological polar surface area (TPSA) is 26.0 Å². The zero-order valence-corrected chi connectivity index (χ0v) is 11.2. The lowest BCUT2D eigenvalue weighted by atomic mass is 9.97. The number of hydrogen-bond donors (Lipinski definition) is 1. The number of rotatable bonds is 4. The van der Waals surface area contributed by atoms with E-state index in [4.69, 9.17) is 5.73 Å². The van der Waals surface area contributed by atoms with Crippen LogP contribution in [0.15, 0.2) is 42.5 Å². The maximum atomic E-state index is 5.66. The molecule has 0 atom stereocenters. The molecule has 0 fully saturated rings. The van der Waals surface area contributed by atoms with Crippen molar-refractivity contribution in [3.63, 3.8) is 0 Å². The number of benzene rings is 2. The molecule has 0 aliphatic rings. The number of nitrogens with two attached hydrogens (primary N) is 1. The first-order valence-electron chi connectivity index (χ1n) is 6.63. The summed E-state index contributed by atoms with van der Waals surface area (Å²) in [5.41, 5.74) is 12.2. The second-order valence-corrected chi connectivity index (χ2v) is 4.80. The van der Waals surface area contributed by atoms with Crippen molar-refractivity contribution in [1.29, 1.82) is 0 Å². The van der Waals surface area contributed by atoms with Crippen LogP contribution in [-0.2, 0) is 13.0 Å². The zero-order valence-electron chi connectivity index (χ0n) is 11.2. The highest BCUT2D eigenvalue weighted by molar-refractivity contribution is 5.67. The van der Waals surface area contributed by atoms with Gasteiger partial charge in [0.15, 0.2) is 0 Å². The molecule has 0 aliphatic carbocycles. The molecule has 2 rings (SSSR count). The van der Waals surface area contributed by atoms with E-state index in [1.165, 1.54) is 34.2 Å². The standard InChI is InChI=1S/C17H21N/c1-3-4-14-5-8-16(9-6-14)17-10-7-15(12-18)11-13(17)2/h5-11H,3-4,12,18H2,1-2H3. The molecule has 18 heavy (non-hydrogen) atoms. The van der Waals surface area contributed by atoms with E-state index >= 15 is 0 Å². The summed E-state index contributed by atoms with van der Waals surface area (Å²) in [5, 5.41) is 0. The first kappa shape index (κ1) is 12.8. The van der Waals surface area contributed by atoms with Gasteiger partial charge in [-0.3, -0.25) is 0 Å². The van der Waals surface area contributed by atoms with E-state index in [1.54, 1.807) is 0 Å². The molecule has 94 valence electrons. The van der Waals surface area contributed by atoms with E-state index in [9.17, 15) is 0 Å². The Kier molecular flexibility index (Phi) is 4.16. The van der Waals surface area contributed by atoms with Crippen LogP contribution in [0.3, 0.4) is 0 Å². The van der Waals surface area contributed by atoms with Crippen molar-refractivity contribution < 1.29 is 0 Å². The third-order valence-electron chi connectivity index (χ3n) is 3.33. The van der Waals surface area contributed by atoms with Gasteiger partial charge in [0.05, 0.1) is 0 Å². The van der Waals surface area contributed by atoms with Crippen molar-refractivity contribution in [2.24, 2.45) is 5.73 Å². The van der Waals surface area contributed by atoms with Gasteiger partial charge in [0.1, 0.15) is 0 Å². The first-order chi connectivity index (χ1) is 8.74. The van der Waals surface area contributed by atoms with Crippen molar-refractivity contribution in [3.8, 4) is 11.1 Å². The molecule has 0 bridgehead atoms. The molecule has 0 spiro atoms. The molecule has 2 N–H and O–H groups in total. The minimum atomic E-state index is 0.608. The molecular weight excluding hydrogens is 218 g/mol. The molecule has 0 amide bonds. The van der Waals surface area contributed by atoms with E-state index in [1.807, 2.05) is 0 Å². The van der Waals surface area contributed by atoms with Gasteiger partial charge in [0, 0.05) is 6.54 Å². The van der Waals surface area contributed by atoms with E-state index in [-0.39, 0.29) is 0 Å². The third kappa shape index (κ3) is 2.80. The summed E-state index contributed by atoms with van der Waals surface area (Å²) >= 11 is 0. The molecule has 0 heterocycles. The summed E-state index contributed by atoms with van der Waals surface area (Å²) in [7, 11) is 0. The molecule has 0 unspecified atom stereocenters. The zero-order chi connectivity index (χ0) is 13.0. The second-order valence-electron chi connectivity index (χ2n) is 4.80. The Balaban J connectivity index is 2.30. The van der Waals surface area contributed by atoms with Gasteiger partial charge in [-0.1, -0.05) is 55.8 Å². The van der Waals surface area contributed by atoms with Crippen molar-refractivity contribution in [2.45, 2.75) is 33.2 Å². The van der Waals surface area contributed by atoms with Gasteiger partial charge < -0.3 is 5.73 Å². The Morgan fingerprint density at radius 2 is 1.61 bits per heavy atom. The van der Waals surface area contributed by atoms with Crippen molar-refractivity contribution in [3.05, 3.63) is 59.2 Å². The number of aryl methyl sites for hydroxylation is 2. The largest absolute Gasteiger partial charge is 0.326 e. The normalized spacial score (nSPS) is 10.6. The molecule has 1 heteroatoms. The molecule has 1 nitrogen and oxygen atoms in total. The highest BCUT2D eigenvalue weighted by Crippen LogP contribution is 2.24. The van der Waals surface area contributed by atoms with Crippen LogP contribution in [0, 0.1) is 6.92 Å². The third-order valence-corrected chi connectivity index (χ3v) is 3.33. The lowest BCUT2D eigenvalue weighted by molar-refractivity contribution is 0.922. The molecular formula is C17H21N. The van der Waals surface area contributed by atoms with Gasteiger partial charge >= 0.3 is 0 Å². The van der Waals surface area contributed by atoms with Crippen molar-refractivity contribution >= 4 is 0 Å². The van der Waals surface area contributed by atoms with Crippen LogP contribution >= 0.6 is 0 Å². The average molecular weight is 239 g/mol. The maximum Gasteiger partial charge on any atom is 0.0178 e. The SMILES string of the molecule is CCCc1ccc(-c2ccc(CN)cc2C)cc1. The Morgan fingerprint density at radius 3 is 2.17 bits per heavy atom. The minimum absolute atomic E-state index is 0.608. The van der Waals surface area contributed by atoms with Gasteiger partial charge in [0.25, 0.3) is 0 Å². The molecule has 0 aromatic heterocycles. The molecule has 0 radical (unpaired) electrons. The average Bonchev–Trinajstić information content (AvgIpc) is 2.40. The summed E-state index contributed by atoms with van der Waals surface area (Å²) in [6.07, 6.45) is 2.36. The van der Waals surface area contributed by atoms with E-state index in [0.717, 1.165) is 6.42 Å². The van der Waals surface area contributed by atoms with E-state index in [2.05, 4.69) is 56.3 Å². The van der Waals surface area contributed by atoms with Gasteiger partial charge in [-0.25, -0.2) is 0 Å². The fourth-order valence-electron chi connectivity index (χ4n) is 2.32. The van der Waals surface area contributed by atoms with Crippen molar-refractivity contribution in [2.75, 3.05) is 0 Å². The van der Waals surface area contributed by atoms with Gasteiger partial charge in [-0.15, -0.1) is 0 Å². The predicted molar refractivity (Wildman–Crippen MR) is 78.5 cm³/mol. The van der Waals surface area contributed by atoms with Gasteiger partial charge in [-0.2, -0.15) is 0 Å². The fourth-order valence-corrected chi connectivity index (χ4v) is 2.32. The summed E-state index contributed by atoms with van der Waals surface area (Å²) in [6.45, 7) is 4.97. The highest BCUT2D eigenvalue weighted by Gasteiger charge is 2.02. The molecule has 0 aliphatic heterocycles. The first-order valence-corrected chi connectivity index (χ1v) is 6.63. The fraction of sp³-hybridized carbons (Fsp3) is 0.294. The lowest BCUT2D eigenvalue weighted by Crippen LogP contribution is -1.97. The summed E-state index contributed by atoms with van der Waals surface area (Å²) in [4.78, 5) is 0. The smallest absolute Gasteiger partial charge is 0.0178 e. The second kappa shape index (κ2) is 5.83. The quantitative estimate of drug-likeness (QED) is 0.855. The Labute approximate surface area is 110 Å². The Morgan fingerprint density at radius 1 is 0.944 bits per heavy atom. The van der Waals surface area contributed by atoms with Crippen LogP contribution < -0.4 is 5.73 Å².